The summed E-state index contributed by atoms with van der Waals surface area (Å²) >= 11 is 0. The van der Waals surface area contributed by atoms with Crippen LogP contribution < -0.4 is 19.1 Å². The van der Waals surface area contributed by atoms with Crippen LogP contribution in [0.3, 0.4) is 0 Å². The van der Waals surface area contributed by atoms with Crippen molar-refractivity contribution in [3.63, 3.8) is 0 Å². The number of methoxy groups -OCH3 is 3. The van der Waals surface area contributed by atoms with Gasteiger partial charge in [0.15, 0.2) is 11.7 Å². The molecule has 0 aromatic heterocycles. The summed E-state index contributed by atoms with van der Waals surface area (Å²) in [5.41, 5.74) is 0.678. The molecule has 0 saturated carbocycles. The molecule has 1 spiro atoms. The van der Waals surface area contributed by atoms with Crippen LogP contribution in [-0.2, 0) is 15.1 Å². The number of ether oxygens (including phenoxy) is 4. The van der Waals surface area contributed by atoms with Gasteiger partial charge in [-0.15, -0.1) is 0 Å². The Morgan fingerprint density at radius 3 is 2.25 bits per heavy atom. The Balaban J connectivity index is 1.79. The Labute approximate surface area is 208 Å². The fourth-order valence-corrected chi connectivity index (χ4v) is 5.50. The second-order valence-electron chi connectivity index (χ2n) is 8.79. The topological polar surface area (TPSA) is 100 Å². The molecule has 3 aromatic rings. The second kappa shape index (κ2) is 8.83. The van der Waals surface area contributed by atoms with Gasteiger partial charge >= 0.3 is 0 Å². The molecule has 0 unspecified atom stereocenters. The minimum absolute atomic E-state index is 0.355. The van der Waals surface area contributed by atoms with Crippen molar-refractivity contribution >= 4 is 11.6 Å². The molecule has 9 heteroatoms. The number of hydrogen-bond acceptors (Lipinski definition) is 7. The molecule has 3 aromatic carbocycles. The maximum absolute atomic E-state index is 14.0. The van der Waals surface area contributed by atoms with Gasteiger partial charge in [-0.05, 0) is 29.8 Å². The summed E-state index contributed by atoms with van der Waals surface area (Å²) in [6.45, 7) is 0. The first kappa shape index (κ1) is 23.6. The van der Waals surface area contributed by atoms with Crippen molar-refractivity contribution in [2.45, 2.75) is 23.7 Å². The minimum Gasteiger partial charge on any atom is -0.497 e. The maximum Gasteiger partial charge on any atom is 0.264 e. The minimum atomic E-state index is -1.63. The molecule has 1 fully saturated rings. The molecule has 5 rings (SSSR count). The lowest BCUT2D eigenvalue weighted by Crippen LogP contribution is -2.44. The quantitative estimate of drug-likeness (QED) is 0.379. The third-order valence-corrected chi connectivity index (χ3v) is 7.15. The van der Waals surface area contributed by atoms with E-state index in [4.69, 9.17) is 18.9 Å². The van der Waals surface area contributed by atoms with Gasteiger partial charge in [0.1, 0.15) is 23.2 Å². The molecule has 0 aliphatic carbocycles. The summed E-state index contributed by atoms with van der Waals surface area (Å²) in [5, 5.41) is 12.8. The van der Waals surface area contributed by atoms with Crippen LogP contribution in [0.25, 0.3) is 0 Å². The van der Waals surface area contributed by atoms with Gasteiger partial charge in [0.2, 0.25) is 0 Å². The fourth-order valence-electron chi connectivity index (χ4n) is 5.50. The van der Waals surface area contributed by atoms with Crippen molar-refractivity contribution in [1.29, 1.82) is 0 Å². The van der Waals surface area contributed by atoms with Gasteiger partial charge in [0.25, 0.3) is 11.9 Å². The smallest absolute Gasteiger partial charge is 0.264 e. The van der Waals surface area contributed by atoms with E-state index in [9.17, 15) is 14.9 Å². The number of hydrogen-bond donors (Lipinski definition) is 0. The number of carbonyl (C=O) groups excluding carboxylic acids is 1. The lowest BCUT2D eigenvalue weighted by molar-refractivity contribution is -0.531. The van der Waals surface area contributed by atoms with Crippen molar-refractivity contribution in [3.8, 4) is 17.2 Å². The summed E-state index contributed by atoms with van der Waals surface area (Å²) in [6, 6.07) is 18.0. The molecule has 4 atom stereocenters. The van der Waals surface area contributed by atoms with Crippen LogP contribution in [0.15, 0.2) is 66.7 Å². The molecule has 0 bridgehead atoms. The Morgan fingerprint density at radius 2 is 1.61 bits per heavy atom. The van der Waals surface area contributed by atoms with Crippen molar-refractivity contribution in [2.24, 2.45) is 0 Å². The number of fused-ring (bicyclic) bond motifs is 2. The van der Waals surface area contributed by atoms with Gasteiger partial charge in [0, 0.05) is 29.2 Å². The third-order valence-electron chi connectivity index (χ3n) is 7.15. The van der Waals surface area contributed by atoms with Gasteiger partial charge in [-0.2, -0.15) is 0 Å². The zero-order valence-electron chi connectivity index (χ0n) is 20.3. The third kappa shape index (κ3) is 3.30. The number of amides is 1. The number of anilines is 1. The monoisotopic (exact) mass is 490 g/mol. The highest BCUT2D eigenvalue weighted by Gasteiger charge is 2.70. The average Bonchev–Trinajstić information content (AvgIpc) is 3.38. The van der Waals surface area contributed by atoms with Gasteiger partial charge in [-0.25, -0.2) is 0 Å². The van der Waals surface area contributed by atoms with Crippen LogP contribution in [0.2, 0.25) is 0 Å². The lowest BCUT2D eigenvalue weighted by atomic mass is 9.74. The maximum atomic E-state index is 14.0. The SMILES string of the molecule is COc1ccc([C@@H]2O[C@@]3(C(=O)N(C)c4ccccc43)[C@@H](c3ccc(OC)cc3OC)[C@@H]2[N+](=O)[O-])cc1. The van der Waals surface area contributed by atoms with E-state index < -0.39 is 23.7 Å². The number of carbonyl (C=O) groups is 1. The van der Waals surface area contributed by atoms with E-state index in [1.165, 1.54) is 19.1 Å². The van der Waals surface area contributed by atoms with Crippen LogP contribution in [-0.4, -0.2) is 45.2 Å². The van der Waals surface area contributed by atoms with Crippen molar-refractivity contribution in [3.05, 3.63) is 93.5 Å². The van der Waals surface area contributed by atoms with Crippen LogP contribution >= 0.6 is 0 Å². The number of nitro groups is 1. The zero-order valence-corrected chi connectivity index (χ0v) is 20.3. The molecular weight excluding hydrogens is 464 g/mol. The first-order valence-corrected chi connectivity index (χ1v) is 11.4. The molecule has 0 radical (unpaired) electrons. The predicted molar refractivity (Wildman–Crippen MR) is 131 cm³/mol. The molecule has 186 valence electrons. The van der Waals surface area contributed by atoms with Crippen LogP contribution in [0.5, 0.6) is 17.2 Å². The van der Waals surface area contributed by atoms with Gasteiger partial charge in [-0.3, -0.25) is 14.9 Å². The van der Waals surface area contributed by atoms with Crippen LogP contribution in [0.1, 0.15) is 28.7 Å². The Kier molecular flexibility index (Phi) is 5.80. The summed E-state index contributed by atoms with van der Waals surface area (Å²) < 4.78 is 22.9. The Morgan fingerprint density at radius 1 is 0.944 bits per heavy atom. The molecule has 1 amide bonds. The largest absolute Gasteiger partial charge is 0.497 e. The number of nitrogens with zero attached hydrogens (tertiary/aromatic N) is 2. The number of benzene rings is 3. The van der Waals surface area contributed by atoms with Crippen molar-refractivity contribution in [2.75, 3.05) is 33.3 Å². The van der Waals surface area contributed by atoms with E-state index >= 15 is 0 Å². The van der Waals surface area contributed by atoms with E-state index in [1.807, 2.05) is 12.1 Å². The molecule has 2 heterocycles. The highest BCUT2D eigenvalue weighted by molar-refractivity contribution is 6.07. The van der Waals surface area contributed by atoms with Crippen molar-refractivity contribution in [1.82, 2.24) is 0 Å². The summed E-state index contributed by atoms with van der Waals surface area (Å²) in [5.74, 6) is 0.167. The van der Waals surface area contributed by atoms with E-state index in [2.05, 4.69) is 0 Å². The number of para-hydroxylation sites is 1. The van der Waals surface area contributed by atoms with E-state index in [0.717, 1.165) is 0 Å². The molecule has 36 heavy (non-hydrogen) atoms. The lowest BCUT2D eigenvalue weighted by Gasteiger charge is -2.30. The highest BCUT2D eigenvalue weighted by Crippen LogP contribution is 2.61. The summed E-state index contributed by atoms with van der Waals surface area (Å²) in [6.07, 6.45) is -1.01. The van der Waals surface area contributed by atoms with E-state index in [0.29, 0.717) is 39.6 Å². The normalized spacial score (nSPS) is 24.6. The molecular formula is C27H26N2O7. The molecule has 1 saturated heterocycles. The average molecular weight is 491 g/mol. The van der Waals surface area contributed by atoms with Crippen LogP contribution in [0, 0.1) is 10.1 Å². The molecule has 2 aliphatic rings. The van der Waals surface area contributed by atoms with Gasteiger partial charge in [0.05, 0.1) is 27.0 Å². The first-order valence-electron chi connectivity index (χ1n) is 11.4. The Bertz CT molecular complexity index is 1330. The fraction of sp³-hybridized carbons (Fsp3) is 0.296. The second-order valence-corrected chi connectivity index (χ2v) is 8.79. The molecule has 0 N–H and O–H groups in total. The molecule has 2 aliphatic heterocycles. The summed E-state index contributed by atoms with van der Waals surface area (Å²) in [7, 11) is 6.22. The highest BCUT2D eigenvalue weighted by atomic mass is 16.6. The van der Waals surface area contributed by atoms with Gasteiger partial charge < -0.3 is 23.8 Å². The van der Waals surface area contributed by atoms with E-state index in [1.54, 1.807) is 68.8 Å². The van der Waals surface area contributed by atoms with Crippen LogP contribution in [0.4, 0.5) is 5.69 Å². The number of rotatable bonds is 6. The number of likely N-dealkylation sites (N-methyl/N-ethyl adjacent to an activating group) is 1. The first-order chi connectivity index (χ1) is 17.4. The standard InChI is InChI=1S/C27H26N2O7/c1-28-21-8-6-5-7-20(21)27(26(28)30)23(19-14-13-18(34-3)15-22(19)35-4)24(29(31)32)25(36-27)16-9-11-17(33-2)12-10-16/h5-15,23-25H,1-4H3/t23-,24-,25-,27+/m0/s1. The molecule has 9 nitrogen and oxygen atoms in total. The Hall–Kier alpha value is -4.11. The van der Waals surface area contributed by atoms with Crippen molar-refractivity contribution < 1.29 is 28.7 Å². The predicted octanol–water partition coefficient (Wildman–Crippen LogP) is 4.08. The summed E-state index contributed by atoms with van der Waals surface area (Å²) in [4.78, 5) is 27.9. The zero-order chi connectivity index (χ0) is 25.6. The van der Waals surface area contributed by atoms with Gasteiger partial charge in [-0.1, -0.05) is 36.4 Å². The van der Waals surface area contributed by atoms with E-state index in [-0.39, 0.29) is 10.8 Å².